The zero-order chi connectivity index (χ0) is 26.6. The molecule has 37 heavy (non-hydrogen) atoms. The Kier molecular flexibility index (Phi) is 6.09. The molecule has 0 spiro atoms. The summed E-state index contributed by atoms with van der Waals surface area (Å²) < 4.78 is 5.57. The van der Waals surface area contributed by atoms with Gasteiger partial charge in [0.2, 0.25) is 11.8 Å². The second-order valence-electron chi connectivity index (χ2n) is 9.86. The number of amides is 2. The van der Waals surface area contributed by atoms with E-state index in [1.165, 1.54) is 12.1 Å². The van der Waals surface area contributed by atoms with Crippen molar-refractivity contribution in [3.8, 4) is 11.5 Å². The van der Waals surface area contributed by atoms with Gasteiger partial charge in [-0.2, -0.15) is 0 Å². The van der Waals surface area contributed by atoms with Crippen LogP contribution in [0.2, 0.25) is 0 Å². The molecule has 0 bridgehead atoms. The summed E-state index contributed by atoms with van der Waals surface area (Å²) in [6, 6.07) is 4.80. The number of carbonyl (C=O) groups excluding carboxylic acids is 4. The van der Waals surface area contributed by atoms with Gasteiger partial charge in [-0.15, -0.1) is 0 Å². The van der Waals surface area contributed by atoms with E-state index in [0.717, 1.165) is 10.5 Å². The van der Waals surface area contributed by atoms with Crippen LogP contribution in [0.5, 0.6) is 11.5 Å². The molecule has 0 radical (unpaired) electrons. The van der Waals surface area contributed by atoms with Crippen molar-refractivity contribution in [3.05, 3.63) is 58.2 Å². The van der Waals surface area contributed by atoms with Crippen molar-refractivity contribution in [2.75, 3.05) is 13.2 Å². The van der Waals surface area contributed by atoms with E-state index in [0.29, 0.717) is 28.9 Å². The molecule has 0 aromatic heterocycles. The molecule has 4 aliphatic rings. The van der Waals surface area contributed by atoms with Crippen LogP contribution in [0.1, 0.15) is 44.6 Å². The van der Waals surface area contributed by atoms with Crippen LogP contribution in [0.3, 0.4) is 0 Å². The maximum Gasteiger partial charge on any atom is 0.305 e. The van der Waals surface area contributed by atoms with Crippen molar-refractivity contribution in [1.82, 2.24) is 4.90 Å². The molecular formula is C28H27NO8. The van der Waals surface area contributed by atoms with E-state index in [2.05, 4.69) is 0 Å². The lowest BCUT2D eigenvalue weighted by atomic mass is 9.59. The Bertz CT molecular complexity index is 1350. The van der Waals surface area contributed by atoms with Gasteiger partial charge in [0.25, 0.3) is 0 Å². The largest absolute Gasteiger partial charge is 0.504 e. The Morgan fingerprint density at radius 1 is 1.14 bits per heavy atom. The Labute approximate surface area is 213 Å². The van der Waals surface area contributed by atoms with Gasteiger partial charge < -0.3 is 14.9 Å². The summed E-state index contributed by atoms with van der Waals surface area (Å²) in [5.74, 6) is -4.81. The zero-order valence-electron chi connectivity index (χ0n) is 20.5. The molecule has 4 unspecified atom stereocenters. The number of aliphatic carboxylic acids is 1. The van der Waals surface area contributed by atoms with Crippen molar-refractivity contribution >= 4 is 29.4 Å². The Morgan fingerprint density at radius 3 is 2.59 bits per heavy atom. The highest BCUT2D eigenvalue weighted by molar-refractivity contribution is 6.23. The van der Waals surface area contributed by atoms with Crippen LogP contribution in [0.4, 0.5) is 0 Å². The number of hydrogen-bond acceptors (Lipinski definition) is 7. The average molecular weight is 506 g/mol. The third-order valence-electron chi connectivity index (χ3n) is 7.82. The molecule has 2 amide bonds. The lowest BCUT2D eigenvalue weighted by molar-refractivity contribution is -0.142. The van der Waals surface area contributed by atoms with Crippen LogP contribution in [0, 0.1) is 17.8 Å². The smallest absolute Gasteiger partial charge is 0.305 e. The first-order chi connectivity index (χ1) is 17.6. The number of hydrogen-bond donors (Lipinski definition) is 2. The predicted octanol–water partition coefficient (Wildman–Crippen LogP) is 2.70. The van der Waals surface area contributed by atoms with Crippen LogP contribution in [0.25, 0.3) is 0 Å². The number of carboxylic acid groups (broad SMARTS) is 1. The van der Waals surface area contributed by atoms with Gasteiger partial charge in [0, 0.05) is 29.2 Å². The van der Waals surface area contributed by atoms with E-state index >= 15 is 0 Å². The number of allylic oxidation sites excluding steroid dienone is 6. The van der Waals surface area contributed by atoms with Crippen molar-refractivity contribution in [2.24, 2.45) is 17.8 Å². The highest BCUT2D eigenvalue weighted by Crippen LogP contribution is 2.55. The summed E-state index contributed by atoms with van der Waals surface area (Å²) >= 11 is 0. The quantitative estimate of drug-likeness (QED) is 0.342. The zero-order valence-corrected chi connectivity index (χ0v) is 20.5. The van der Waals surface area contributed by atoms with E-state index < -0.39 is 41.5 Å². The molecule has 1 aromatic carbocycles. The van der Waals surface area contributed by atoms with Crippen molar-refractivity contribution < 1.29 is 38.9 Å². The second-order valence-corrected chi connectivity index (χ2v) is 9.86. The molecule has 5 rings (SSSR count). The summed E-state index contributed by atoms with van der Waals surface area (Å²) in [7, 11) is 0. The van der Waals surface area contributed by atoms with Gasteiger partial charge >= 0.3 is 5.97 Å². The summed E-state index contributed by atoms with van der Waals surface area (Å²) in [5.41, 5.74) is 2.44. The molecule has 3 aliphatic carbocycles. The fraction of sp³-hybridized carbons (Fsp3) is 0.393. The summed E-state index contributed by atoms with van der Waals surface area (Å²) in [6.07, 6.45) is 3.29. The molecule has 1 aromatic rings. The van der Waals surface area contributed by atoms with Gasteiger partial charge in [-0.25, -0.2) is 0 Å². The molecule has 0 saturated carbocycles. The number of aromatic hydroxyl groups is 1. The van der Waals surface area contributed by atoms with Crippen molar-refractivity contribution in [1.29, 1.82) is 0 Å². The minimum absolute atomic E-state index is 0.0578. The second kappa shape index (κ2) is 9.14. The van der Waals surface area contributed by atoms with Crippen LogP contribution >= 0.6 is 0 Å². The van der Waals surface area contributed by atoms with Crippen LogP contribution in [-0.2, 0) is 24.0 Å². The van der Waals surface area contributed by atoms with E-state index in [4.69, 9.17) is 9.84 Å². The normalized spacial score (nSPS) is 26.9. The molecule has 1 fully saturated rings. The van der Waals surface area contributed by atoms with Gasteiger partial charge in [0.05, 0.1) is 24.9 Å². The third kappa shape index (κ3) is 3.89. The van der Waals surface area contributed by atoms with Crippen molar-refractivity contribution in [3.63, 3.8) is 0 Å². The van der Waals surface area contributed by atoms with Crippen LogP contribution < -0.4 is 4.74 Å². The number of fused-ring (bicyclic) bond motifs is 3. The van der Waals surface area contributed by atoms with E-state index in [1.807, 2.05) is 6.08 Å². The lowest BCUT2D eigenvalue weighted by Crippen LogP contribution is -2.40. The molecule has 1 saturated heterocycles. The SMILES string of the molecule is CCOc1cc(C2C3=CCC4C(=O)N(CCC(=O)O)C(=O)C4C3CC3=C2C(=O)C(C)=CC3=O)ccc1O. The first-order valence-corrected chi connectivity index (χ1v) is 12.4. The molecule has 9 heteroatoms. The van der Waals surface area contributed by atoms with Crippen LogP contribution in [0.15, 0.2) is 52.6 Å². The van der Waals surface area contributed by atoms with E-state index in [1.54, 1.807) is 26.0 Å². The van der Waals surface area contributed by atoms with E-state index in [9.17, 15) is 29.1 Å². The number of phenolic OH excluding ortho intramolecular Hbond substituents is 1. The number of phenols is 1. The Hall–Kier alpha value is -4.01. The number of ketones is 2. The third-order valence-corrected chi connectivity index (χ3v) is 7.82. The highest BCUT2D eigenvalue weighted by atomic mass is 16.5. The fourth-order valence-electron chi connectivity index (χ4n) is 6.22. The van der Waals surface area contributed by atoms with Gasteiger partial charge in [0.1, 0.15) is 0 Å². The first-order valence-electron chi connectivity index (χ1n) is 12.4. The summed E-state index contributed by atoms with van der Waals surface area (Å²) in [4.78, 5) is 65.2. The maximum atomic E-state index is 13.5. The molecule has 192 valence electrons. The van der Waals surface area contributed by atoms with Gasteiger partial charge in [-0.1, -0.05) is 17.7 Å². The summed E-state index contributed by atoms with van der Waals surface area (Å²) in [6.45, 7) is 3.49. The topological polar surface area (TPSA) is 138 Å². The fourth-order valence-corrected chi connectivity index (χ4v) is 6.22. The number of carbonyl (C=O) groups is 5. The molecule has 2 N–H and O–H groups in total. The number of Topliss-reactive ketones (excluding diaryl/α,β-unsaturated/α-hetero) is 1. The summed E-state index contributed by atoms with van der Waals surface area (Å²) in [5, 5.41) is 19.3. The monoisotopic (exact) mass is 505 g/mol. The molecule has 1 aliphatic heterocycles. The lowest BCUT2D eigenvalue weighted by Gasteiger charge is -2.42. The number of ether oxygens (including phenoxy) is 1. The van der Waals surface area contributed by atoms with Gasteiger partial charge in [-0.3, -0.25) is 28.9 Å². The minimum Gasteiger partial charge on any atom is -0.504 e. The number of imide groups is 1. The average Bonchev–Trinajstić information content (AvgIpc) is 3.11. The van der Waals surface area contributed by atoms with Gasteiger partial charge in [0.15, 0.2) is 23.1 Å². The Morgan fingerprint density at radius 2 is 1.89 bits per heavy atom. The predicted molar refractivity (Wildman–Crippen MR) is 130 cm³/mol. The number of benzene rings is 1. The number of carboxylic acids is 1. The number of likely N-dealkylation sites (tertiary alicyclic amines) is 1. The maximum absolute atomic E-state index is 13.5. The standard InChI is InChI=1S/C28H27NO8/c1-3-37-21-11-14(4-7-19(21)30)23-15-5-6-16-24(28(36)29(27(16)35)9-8-22(32)33)17(15)12-18-20(31)10-13(2)26(34)25(18)23/h4-5,7,10-11,16-17,23-24,30H,3,6,8-9,12H2,1-2H3,(H,32,33). The molecule has 4 atom stereocenters. The minimum atomic E-state index is -1.10. The van der Waals surface area contributed by atoms with Crippen molar-refractivity contribution in [2.45, 2.75) is 39.0 Å². The number of nitrogens with zero attached hydrogens (tertiary/aromatic N) is 1. The molecule has 9 nitrogen and oxygen atoms in total. The highest BCUT2D eigenvalue weighted by Gasteiger charge is 2.56. The number of rotatable bonds is 6. The van der Waals surface area contributed by atoms with E-state index in [-0.39, 0.29) is 48.9 Å². The first kappa shape index (κ1) is 24.7. The molecular weight excluding hydrogens is 478 g/mol. The van der Waals surface area contributed by atoms with Gasteiger partial charge in [-0.05, 0) is 56.4 Å². The molecule has 1 heterocycles. The Balaban J connectivity index is 1.63. The van der Waals surface area contributed by atoms with Crippen LogP contribution in [-0.4, -0.2) is 57.6 Å².